The lowest BCUT2D eigenvalue weighted by molar-refractivity contribution is 0.101. The highest BCUT2D eigenvalue weighted by atomic mass is 35.5. The van der Waals surface area contributed by atoms with Gasteiger partial charge in [-0.2, -0.15) is 0 Å². The van der Waals surface area contributed by atoms with Crippen LogP contribution in [0.15, 0.2) is 16.5 Å². The van der Waals surface area contributed by atoms with Gasteiger partial charge in [0.25, 0.3) is 11.7 Å². The Hall–Kier alpha value is -0.900. The Balaban J connectivity index is 2.90. The molecule has 5 heteroatoms. The van der Waals surface area contributed by atoms with Crippen molar-refractivity contribution in [3.8, 4) is 0 Å². The van der Waals surface area contributed by atoms with Crippen LogP contribution in [0.4, 0.5) is 8.78 Å². The van der Waals surface area contributed by atoms with E-state index in [1.807, 2.05) is 0 Å². The maximum atomic E-state index is 11.8. The topological polar surface area (TPSA) is 30.2 Å². The summed E-state index contributed by atoms with van der Waals surface area (Å²) in [4.78, 5) is 10.3. The molecule has 60 valence electrons. The first-order valence-corrected chi connectivity index (χ1v) is 3.07. The summed E-state index contributed by atoms with van der Waals surface area (Å²) in [5.41, 5.74) is 0. The van der Waals surface area contributed by atoms with Crippen molar-refractivity contribution in [3.05, 3.63) is 23.7 Å². The lowest BCUT2D eigenvalue weighted by Gasteiger charge is -1.89. The van der Waals surface area contributed by atoms with Gasteiger partial charge >= 0.3 is 0 Å². The summed E-state index contributed by atoms with van der Waals surface area (Å²) in [5, 5.41) is -0.878. The van der Waals surface area contributed by atoms with Gasteiger partial charge in [0.1, 0.15) is 0 Å². The molecule has 0 unspecified atom stereocenters. The summed E-state index contributed by atoms with van der Waals surface area (Å²) in [6, 6.07) is 2.12. The zero-order valence-electron chi connectivity index (χ0n) is 5.18. The molecule has 1 rings (SSSR count). The molecule has 0 spiro atoms. The highest BCUT2D eigenvalue weighted by Crippen LogP contribution is 2.21. The molecular formula is C6H3ClF2O2. The summed E-state index contributed by atoms with van der Waals surface area (Å²) in [7, 11) is 0. The SMILES string of the molecule is O=C(Cl)c1ccc(C(F)F)o1. The molecule has 0 aliphatic carbocycles. The third-order valence-corrected chi connectivity index (χ3v) is 1.22. The van der Waals surface area contributed by atoms with E-state index in [-0.39, 0.29) is 5.76 Å². The summed E-state index contributed by atoms with van der Waals surface area (Å²) < 4.78 is 28.0. The molecule has 0 amide bonds. The van der Waals surface area contributed by atoms with E-state index >= 15 is 0 Å². The van der Waals surface area contributed by atoms with Gasteiger partial charge in [-0.15, -0.1) is 0 Å². The molecule has 2 nitrogen and oxygen atoms in total. The molecule has 0 saturated heterocycles. The van der Waals surface area contributed by atoms with Crippen LogP contribution in [0.1, 0.15) is 22.7 Å². The molecule has 0 saturated carbocycles. The van der Waals surface area contributed by atoms with Crippen LogP contribution in [0, 0.1) is 0 Å². The first-order chi connectivity index (χ1) is 5.11. The van der Waals surface area contributed by atoms with Crippen LogP contribution in [0.3, 0.4) is 0 Å². The van der Waals surface area contributed by atoms with Crippen LogP contribution in [-0.4, -0.2) is 5.24 Å². The highest BCUT2D eigenvalue weighted by molar-refractivity contribution is 6.67. The second-order valence-electron chi connectivity index (χ2n) is 1.78. The van der Waals surface area contributed by atoms with E-state index in [4.69, 9.17) is 11.6 Å². The zero-order valence-corrected chi connectivity index (χ0v) is 5.94. The van der Waals surface area contributed by atoms with E-state index in [9.17, 15) is 13.6 Å². The Morgan fingerprint density at radius 3 is 2.45 bits per heavy atom. The molecule has 1 aromatic heterocycles. The number of carbonyl (C=O) groups excluding carboxylic acids is 1. The van der Waals surface area contributed by atoms with Gasteiger partial charge in [-0.3, -0.25) is 4.79 Å². The number of furan rings is 1. The summed E-state index contributed by atoms with van der Waals surface area (Å²) in [6.07, 6.45) is -2.71. The maximum Gasteiger partial charge on any atom is 0.295 e. The van der Waals surface area contributed by atoms with Crippen molar-refractivity contribution in [1.29, 1.82) is 0 Å². The second kappa shape index (κ2) is 3.00. The Bertz CT molecular complexity index is 269. The normalized spacial score (nSPS) is 10.5. The minimum atomic E-state index is -2.71. The molecule has 0 aromatic carbocycles. The van der Waals surface area contributed by atoms with E-state index in [1.165, 1.54) is 0 Å². The minimum Gasteiger partial charge on any atom is -0.451 e. The number of hydrogen-bond donors (Lipinski definition) is 0. The fraction of sp³-hybridized carbons (Fsp3) is 0.167. The third-order valence-electron chi connectivity index (χ3n) is 1.04. The number of halogens is 3. The highest BCUT2D eigenvalue weighted by Gasteiger charge is 2.14. The largest absolute Gasteiger partial charge is 0.451 e. The first-order valence-electron chi connectivity index (χ1n) is 2.69. The van der Waals surface area contributed by atoms with Crippen molar-refractivity contribution < 1.29 is 18.0 Å². The quantitative estimate of drug-likeness (QED) is 0.655. The van der Waals surface area contributed by atoms with Gasteiger partial charge in [0.05, 0.1) is 0 Å². The Morgan fingerprint density at radius 1 is 1.55 bits per heavy atom. The summed E-state index contributed by atoms with van der Waals surface area (Å²) in [6.45, 7) is 0. The standard InChI is InChI=1S/C6H3ClF2O2/c7-5(10)3-1-2-4(11-3)6(8)9/h1-2,6H. The lowest BCUT2D eigenvalue weighted by atomic mass is 10.4. The predicted molar refractivity (Wildman–Crippen MR) is 33.8 cm³/mol. The average Bonchev–Trinajstić information content (AvgIpc) is 2.33. The Kier molecular flexibility index (Phi) is 2.24. The second-order valence-corrected chi connectivity index (χ2v) is 2.12. The van der Waals surface area contributed by atoms with Crippen LogP contribution in [0.25, 0.3) is 0 Å². The van der Waals surface area contributed by atoms with Crippen LogP contribution in [-0.2, 0) is 0 Å². The summed E-state index contributed by atoms with van der Waals surface area (Å²) in [5.74, 6) is -0.809. The van der Waals surface area contributed by atoms with Gasteiger partial charge < -0.3 is 4.42 Å². The molecule has 0 bridgehead atoms. The van der Waals surface area contributed by atoms with E-state index in [2.05, 4.69) is 4.42 Å². The van der Waals surface area contributed by atoms with Crippen LogP contribution < -0.4 is 0 Å². The predicted octanol–water partition coefficient (Wildman–Crippen LogP) is 2.60. The van der Waals surface area contributed by atoms with Crippen molar-refractivity contribution in [2.24, 2.45) is 0 Å². The number of carbonyl (C=O) groups is 1. The van der Waals surface area contributed by atoms with Gasteiger partial charge in [0.15, 0.2) is 11.5 Å². The molecule has 0 N–H and O–H groups in total. The lowest BCUT2D eigenvalue weighted by Crippen LogP contribution is -1.83. The van der Waals surface area contributed by atoms with Crippen LogP contribution >= 0.6 is 11.6 Å². The molecule has 1 aromatic rings. The smallest absolute Gasteiger partial charge is 0.295 e. The molecular weight excluding hydrogens is 178 g/mol. The van der Waals surface area contributed by atoms with Gasteiger partial charge in [0.2, 0.25) is 0 Å². The molecule has 0 atom stereocenters. The summed E-state index contributed by atoms with van der Waals surface area (Å²) >= 11 is 4.94. The monoisotopic (exact) mass is 180 g/mol. The van der Waals surface area contributed by atoms with Crippen LogP contribution in [0.5, 0.6) is 0 Å². The van der Waals surface area contributed by atoms with Gasteiger partial charge in [-0.1, -0.05) is 0 Å². The van der Waals surface area contributed by atoms with Crippen molar-refractivity contribution in [3.63, 3.8) is 0 Å². The van der Waals surface area contributed by atoms with E-state index in [0.717, 1.165) is 12.1 Å². The fourth-order valence-corrected chi connectivity index (χ4v) is 0.677. The van der Waals surface area contributed by atoms with Crippen molar-refractivity contribution >= 4 is 16.8 Å². The van der Waals surface area contributed by atoms with Crippen LogP contribution in [0.2, 0.25) is 0 Å². The fourth-order valence-electron chi connectivity index (χ4n) is 0.576. The third kappa shape index (κ3) is 1.77. The molecule has 0 aliphatic heterocycles. The zero-order chi connectivity index (χ0) is 8.43. The first kappa shape index (κ1) is 8.20. The Morgan fingerprint density at radius 2 is 2.18 bits per heavy atom. The molecule has 1 heterocycles. The van der Waals surface area contributed by atoms with E-state index in [0.29, 0.717) is 0 Å². The Labute approximate surface area is 65.8 Å². The van der Waals surface area contributed by atoms with Gasteiger partial charge in [0, 0.05) is 0 Å². The molecule has 0 aliphatic rings. The minimum absolute atomic E-state index is 0.262. The van der Waals surface area contributed by atoms with Gasteiger partial charge in [-0.05, 0) is 23.7 Å². The number of hydrogen-bond acceptors (Lipinski definition) is 2. The number of rotatable bonds is 2. The van der Waals surface area contributed by atoms with Crippen molar-refractivity contribution in [2.45, 2.75) is 6.43 Å². The van der Waals surface area contributed by atoms with Crippen molar-refractivity contribution in [1.82, 2.24) is 0 Å². The number of alkyl halides is 2. The molecule has 0 radical (unpaired) electrons. The van der Waals surface area contributed by atoms with E-state index < -0.39 is 17.4 Å². The maximum absolute atomic E-state index is 11.8. The molecule has 11 heavy (non-hydrogen) atoms. The van der Waals surface area contributed by atoms with Crippen molar-refractivity contribution in [2.75, 3.05) is 0 Å². The van der Waals surface area contributed by atoms with Gasteiger partial charge in [-0.25, -0.2) is 8.78 Å². The van der Waals surface area contributed by atoms with E-state index in [1.54, 1.807) is 0 Å². The molecule has 0 fully saturated rings. The average molecular weight is 181 g/mol.